The van der Waals surface area contributed by atoms with Crippen LogP contribution < -0.4 is 9.47 Å². The molecule has 1 N–H and O–H groups in total. The minimum Gasteiger partial charge on any atom is -0.493 e. The predicted octanol–water partition coefficient (Wildman–Crippen LogP) is 1.29. The quantitative estimate of drug-likeness (QED) is 0.851. The molecule has 1 fully saturated rings. The van der Waals surface area contributed by atoms with E-state index in [-0.39, 0.29) is 12.7 Å². The largest absolute Gasteiger partial charge is 0.493 e. The zero-order valence-electron chi connectivity index (χ0n) is 12.2. The van der Waals surface area contributed by atoms with Gasteiger partial charge in [-0.3, -0.25) is 4.90 Å². The van der Waals surface area contributed by atoms with E-state index in [0.29, 0.717) is 18.1 Å². The van der Waals surface area contributed by atoms with Gasteiger partial charge >= 0.3 is 0 Å². The van der Waals surface area contributed by atoms with Gasteiger partial charge in [0.1, 0.15) is 12.7 Å². The maximum Gasteiger partial charge on any atom is 0.161 e. The summed E-state index contributed by atoms with van der Waals surface area (Å²) in [6.45, 7) is 6.32. The molecule has 20 heavy (non-hydrogen) atoms. The first-order valence-corrected chi connectivity index (χ1v) is 7.01. The summed E-state index contributed by atoms with van der Waals surface area (Å²) < 4.78 is 16.8. The number of aliphatic hydroxyl groups is 1. The van der Waals surface area contributed by atoms with Gasteiger partial charge < -0.3 is 19.3 Å². The molecular formula is C15H23NO4. The number of ether oxygens (including phenoxy) is 3. The van der Waals surface area contributed by atoms with Crippen molar-refractivity contribution in [3.8, 4) is 11.5 Å². The van der Waals surface area contributed by atoms with Crippen LogP contribution in [-0.4, -0.2) is 56.1 Å². The highest BCUT2D eigenvalue weighted by molar-refractivity contribution is 5.42. The van der Waals surface area contributed by atoms with E-state index in [1.165, 1.54) is 0 Å². The van der Waals surface area contributed by atoms with Crippen molar-refractivity contribution in [3.05, 3.63) is 23.8 Å². The number of hydrogen-bond donors (Lipinski definition) is 1. The summed E-state index contributed by atoms with van der Waals surface area (Å²) >= 11 is 0. The SMILES string of the molecule is CCN1CCOC(COc2ccc(CO)cc2OC)C1. The molecule has 1 unspecified atom stereocenters. The Hall–Kier alpha value is -1.30. The van der Waals surface area contributed by atoms with Gasteiger partial charge in [-0.15, -0.1) is 0 Å². The predicted molar refractivity (Wildman–Crippen MR) is 76.3 cm³/mol. The molecule has 5 heteroatoms. The fraction of sp³-hybridized carbons (Fsp3) is 0.600. The topological polar surface area (TPSA) is 51.2 Å². The Morgan fingerprint density at radius 1 is 1.40 bits per heavy atom. The molecule has 1 aliphatic heterocycles. The van der Waals surface area contributed by atoms with Crippen LogP contribution in [0.4, 0.5) is 0 Å². The van der Waals surface area contributed by atoms with E-state index >= 15 is 0 Å². The smallest absolute Gasteiger partial charge is 0.161 e. The molecule has 1 aliphatic rings. The lowest BCUT2D eigenvalue weighted by molar-refractivity contribution is -0.0466. The standard InChI is InChI=1S/C15H23NO4/c1-3-16-6-7-19-13(9-16)11-20-14-5-4-12(10-17)8-15(14)18-2/h4-5,8,13,17H,3,6-7,9-11H2,1-2H3. The lowest BCUT2D eigenvalue weighted by atomic mass is 10.2. The molecular weight excluding hydrogens is 258 g/mol. The minimum absolute atomic E-state index is 0.00611. The zero-order valence-corrected chi connectivity index (χ0v) is 12.2. The summed E-state index contributed by atoms with van der Waals surface area (Å²) in [5.41, 5.74) is 0.806. The summed E-state index contributed by atoms with van der Waals surface area (Å²) in [6.07, 6.45) is 0.0888. The Morgan fingerprint density at radius 2 is 2.25 bits per heavy atom. The van der Waals surface area contributed by atoms with Gasteiger partial charge in [0.2, 0.25) is 0 Å². The number of nitrogens with zero attached hydrogens (tertiary/aromatic N) is 1. The fourth-order valence-corrected chi connectivity index (χ4v) is 2.28. The van der Waals surface area contributed by atoms with E-state index < -0.39 is 0 Å². The van der Waals surface area contributed by atoms with Gasteiger partial charge in [-0.2, -0.15) is 0 Å². The van der Waals surface area contributed by atoms with E-state index in [2.05, 4.69) is 11.8 Å². The second-order valence-corrected chi connectivity index (χ2v) is 4.84. The van der Waals surface area contributed by atoms with Gasteiger partial charge in [-0.1, -0.05) is 13.0 Å². The maximum absolute atomic E-state index is 9.12. The number of likely N-dealkylation sites (N-methyl/N-ethyl adjacent to an activating group) is 1. The van der Waals surface area contributed by atoms with E-state index in [1.54, 1.807) is 13.2 Å². The van der Waals surface area contributed by atoms with Crippen LogP contribution in [0.1, 0.15) is 12.5 Å². The maximum atomic E-state index is 9.12. The monoisotopic (exact) mass is 281 g/mol. The molecule has 0 saturated carbocycles. The van der Waals surface area contributed by atoms with Gasteiger partial charge in [0.05, 0.1) is 20.3 Å². The number of hydrogen-bond acceptors (Lipinski definition) is 5. The number of benzene rings is 1. The lowest BCUT2D eigenvalue weighted by Gasteiger charge is -2.31. The van der Waals surface area contributed by atoms with E-state index in [9.17, 15) is 0 Å². The summed E-state index contributed by atoms with van der Waals surface area (Å²) in [5.74, 6) is 1.32. The third-order valence-corrected chi connectivity index (χ3v) is 3.51. The number of aliphatic hydroxyl groups excluding tert-OH is 1. The molecule has 1 aromatic carbocycles. The Morgan fingerprint density at radius 3 is 2.95 bits per heavy atom. The first-order chi connectivity index (χ1) is 9.76. The summed E-state index contributed by atoms with van der Waals surface area (Å²) in [4.78, 5) is 2.35. The van der Waals surface area contributed by atoms with Gasteiger partial charge in [0.15, 0.2) is 11.5 Å². The third-order valence-electron chi connectivity index (χ3n) is 3.51. The average Bonchev–Trinajstić information content (AvgIpc) is 2.52. The molecule has 5 nitrogen and oxygen atoms in total. The Labute approximate surface area is 120 Å². The highest BCUT2D eigenvalue weighted by Crippen LogP contribution is 2.28. The molecule has 1 saturated heterocycles. The van der Waals surface area contributed by atoms with Gasteiger partial charge in [-0.05, 0) is 24.2 Å². The second kappa shape index (κ2) is 7.47. The summed E-state index contributed by atoms with van der Waals surface area (Å²) in [6, 6.07) is 5.44. The van der Waals surface area contributed by atoms with Crippen LogP contribution in [0.5, 0.6) is 11.5 Å². The van der Waals surface area contributed by atoms with Crippen LogP contribution in [0.15, 0.2) is 18.2 Å². The van der Waals surface area contributed by atoms with Crippen molar-refractivity contribution in [2.75, 3.05) is 40.0 Å². The molecule has 0 bridgehead atoms. The van der Waals surface area contributed by atoms with Gasteiger partial charge in [0, 0.05) is 13.1 Å². The first-order valence-electron chi connectivity index (χ1n) is 7.01. The van der Waals surface area contributed by atoms with E-state index in [0.717, 1.165) is 31.8 Å². The van der Waals surface area contributed by atoms with E-state index in [4.69, 9.17) is 19.3 Å². The fourth-order valence-electron chi connectivity index (χ4n) is 2.28. The van der Waals surface area contributed by atoms with Gasteiger partial charge in [0.25, 0.3) is 0 Å². The third kappa shape index (κ3) is 3.85. The molecule has 0 aromatic heterocycles. The Kier molecular flexibility index (Phi) is 5.64. The molecule has 112 valence electrons. The molecule has 0 spiro atoms. The van der Waals surface area contributed by atoms with Crippen molar-refractivity contribution in [3.63, 3.8) is 0 Å². The van der Waals surface area contributed by atoms with Crippen LogP contribution in [0.25, 0.3) is 0 Å². The molecule has 1 atom stereocenters. The van der Waals surface area contributed by atoms with Crippen molar-refractivity contribution < 1.29 is 19.3 Å². The molecule has 1 aromatic rings. The zero-order chi connectivity index (χ0) is 14.4. The Bertz CT molecular complexity index is 424. The van der Waals surface area contributed by atoms with Crippen molar-refractivity contribution in [1.82, 2.24) is 4.90 Å². The molecule has 0 amide bonds. The normalized spacial score (nSPS) is 19.9. The van der Waals surface area contributed by atoms with Crippen LogP contribution in [-0.2, 0) is 11.3 Å². The summed E-state index contributed by atoms with van der Waals surface area (Å²) in [7, 11) is 1.60. The lowest BCUT2D eigenvalue weighted by Crippen LogP contribution is -2.44. The van der Waals surface area contributed by atoms with Crippen LogP contribution >= 0.6 is 0 Å². The molecule has 0 aliphatic carbocycles. The molecule has 0 radical (unpaired) electrons. The van der Waals surface area contributed by atoms with Gasteiger partial charge in [-0.25, -0.2) is 0 Å². The minimum atomic E-state index is -0.00611. The molecule has 2 rings (SSSR count). The Balaban J connectivity index is 1.93. The number of methoxy groups -OCH3 is 1. The highest BCUT2D eigenvalue weighted by atomic mass is 16.5. The summed E-state index contributed by atoms with van der Waals surface area (Å²) in [5, 5.41) is 9.12. The number of rotatable bonds is 6. The van der Waals surface area contributed by atoms with Crippen LogP contribution in [0.2, 0.25) is 0 Å². The average molecular weight is 281 g/mol. The van der Waals surface area contributed by atoms with Crippen molar-refractivity contribution in [2.45, 2.75) is 19.6 Å². The first kappa shape index (κ1) is 15.1. The van der Waals surface area contributed by atoms with Crippen LogP contribution in [0, 0.1) is 0 Å². The number of morpholine rings is 1. The second-order valence-electron chi connectivity index (χ2n) is 4.84. The van der Waals surface area contributed by atoms with Crippen molar-refractivity contribution >= 4 is 0 Å². The van der Waals surface area contributed by atoms with Crippen LogP contribution in [0.3, 0.4) is 0 Å². The van der Waals surface area contributed by atoms with Crippen molar-refractivity contribution in [2.24, 2.45) is 0 Å². The van der Waals surface area contributed by atoms with Crippen molar-refractivity contribution in [1.29, 1.82) is 0 Å². The highest BCUT2D eigenvalue weighted by Gasteiger charge is 2.20. The molecule has 1 heterocycles. The van der Waals surface area contributed by atoms with E-state index in [1.807, 2.05) is 12.1 Å².